The van der Waals surface area contributed by atoms with Gasteiger partial charge in [-0.15, -0.1) is 0 Å². The van der Waals surface area contributed by atoms with E-state index in [4.69, 9.17) is 23.2 Å². The van der Waals surface area contributed by atoms with E-state index in [0.717, 1.165) is 6.20 Å². The molecule has 0 saturated heterocycles. The van der Waals surface area contributed by atoms with Crippen LogP contribution in [0.4, 0.5) is 17.6 Å². The van der Waals surface area contributed by atoms with E-state index in [0.29, 0.717) is 6.07 Å². The van der Waals surface area contributed by atoms with Crippen LogP contribution in [0.1, 0.15) is 53.3 Å². The normalized spacial score (nSPS) is 23.1. The fourth-order valence-electron chi connectivity index (χ4n) is 3.51. The topological polar surface area (TPSA) is 75.1 Å². The number of aromatic nitrogens is 2. The molecule has 1 aliphatic rings. The van der Waals surface area contributed by atoms with Gasteiger partial charge in [0.25, 0.3) is 5.91 Å². The third-order valence-corrected chi connectivity index (χ3v) is 5.80. The van der Waals surface area contributed by atoms with Crippen LogP contribution in [0.25, 0.3) is 0 Å². The molecule has 2 aromatic heterocycles. The number of hydrogen-bond acceptors (Lipinski definition) is 4. The van der Waals surface area contributed by atoms with Crippen molar-refractivity contribution in [3.8, 4) is 0 Å². The first-order chi connectivity index (χ1) is 14.0. The Bertz CT molecular complexity index is 934. The lowest BCUT2D eigenvalue weighted by atomic mass is 9.76. The van der Waals surface area contributed by atoms with Gasteiger partial charge < -0.3 is 10.4 Å². The molecule has 1 atom stereocenters. The first kappa shape index (κ1) is 22.7. The summed E-state index contributed by atoms with van der Waals surface area (Å²) in [7, 11) is 0. The van der Waals surface area contributed by atoms with Crippen molar-refractivity contribution < 1.29 is 27.5 Å². The van der Waals surface area contributed by atoms with E-state index in [1.165, 1.54) is 18.3 Å². The molecule has 1 unspecified atom stereocenters. The van der Waals surface area contributed by atoms with Gasteiger partial charge in [-0.3, -0.25) is 4.79 Å². The fourth-order valence-corrected chi connectivity index (χ4v) is 4.04. The van der Waals surface area contributed by atoms with E-state index in [1.807, 2.05) is 0 Å². The third-order valence-electron chi connectivity index (χ3n) is 5.10. The minimum Gasteiger partial charge on any atom is -0.387 e. The van der Waals surface area contributed by atoms with E-state index in [-0.39, 0.29) is 36.4 Å². The number of carbonyl (C=O) groups excluding carboxylic acids is 1. The maximum Gasteiger partial charge on any atom is 0.417 e. The van der Waals surface area contributed by atoms with Gasteiger partial charge in [0.1, 0.15) is 17.0 Å². The highest BCUT2D eigenvalue weighted by Gasteiger charge is 2.44. The van der Waals surface area contributed by atoms with Gasteiger partial charge in [0.2, 0.25) is 0 Å². The van der Waals surface area contributed by atoms with E-state index in [1.54, 1.807) is 0 Å². The lowest BCUT2D eigenvalue weighted by Crippen LogP contribution is -2.49. The van der Waals surface area contributed by atoms with Crippen molar-refractivity contribution in [2.24, 2.45) is 0 Å². The van der Waals surface area contributed by atoms with E-state index in [2.05, 4.69) is 15.3 Å². The summed E-state index contributed by atoms with van der Waals surface area (Å²) in [6, 6.07) is 2.54. The highest BCUT2D eigenvalue weighted by Crippen LogP contribution is 2.41. The molecule has 0 radical (unpaired) electrons. The third kappa shape index (κ3) is 4.68. The van der Waals surface area contributed by atoms with Crippen molar-refractivity contribution in [1.29, 1.82) is 0 Å². The van der Waals surface area contributed by atoms with Crippen LogP contribution in [0.5, 0.6) is 0 Å². The number of carbonyl (C=O) groups is 1. The molecule has 1 amide bonds. The number of nitrogens with zero attached hydrogens (tertiary/aromatic N) is 2. The van der Waals surface area contributed by atoms with Gasteiger partial charge in [0.15, 0.2) is 0 Å². The number of aliphatic hydroxyl groups is 1. The summed E-state index contributed by atoms with van der Waals surface area (Å²) in [4.78, 5) is 20.4. The number of pyridine rings is 2. The predicted octanol–water partition coefficient (Wildman–Crippen LogP) is 4.92. The molecule has 0 aliphatic heterocycles. The summed E-state index contributed by atoms with van der Waals surface area (Å²) in [5, 5.41) is 12.8. The van der Waals surface area contributed by atoms with Crippen LogP contribution < -0.4 is 5.32 Å². The van der Waals surface area contributed by atoms with Crippen molar-refractivity contribution in [2.75, 3.05) is 0 Å². The minimum absolute atomic E-state index is 0.00802. The van der Waals surface area contributed by atoms with Gasteiger partial charge in [0.05, 0.1) is 22.2 Å². The van der Waals surface area contributed by atoms with Gasteiger partial charge in [-0.1, -0.05) is 29.3 Å². The minimum atomic E-state index is -4.78. The van der Waals surface area contributed by atoms with Crippen LogP contribution in [0.3, 0.4) is 0 Å². The number of alkyl halides is 4. The van der Waals surface area contributed by atoms with Crippen molar-refractivity contribution in [3.63, 3.8) is 0 Å². The molecule has 11 heteroatoms. The maximum atomic E-state index is 13.6. The number of rotatable bonds is 4. The molecule has 0 spiro atoms. The van der Waals surface area contributed by atoms with Crippen molar-refractivity contribution in [3.05, 3.63) is 57.6 Å². The predicted molar refractivity (Wildman–Crippen MR) is 102 cm³/mol. The Hall–Kier alpha value is -1.97. The molecule has 0 bridgehead atoms. The van der Waals surface area contributed by atoms with Gasteiger partial charge in [-0.2, -0.15) is 13.2 Å². The lowest BCUT2D eigenvalue weighted by molar-refractivity contribution is -0.137. The first-order valence-corrected chi connectivity index (χ1v) is 9.78. The number of halogens is 6. The second-order valence-corrected chi connectivity index (χ2v) is 7.82. The number of hydrogen-bond donors (Lipinski definition) is 2. The Balaban J connectivity index is 1.98. The second-order valence-electron chi connectivity index (χ2n) is 7.09. The van der Waals surface area contributed by atoms with Crippen molar-refractivity contribution in [2.45, 2.75) is 49.7 Å². The zero-order chi connectivity index (χ0) is 22.1. The maximum absolute atomic E-state index is 13.6. The highest BCUT2D eigenvalue weighted by atomic mass is 35.5. The summed E-state index contributed by atoms with van der Waals surface area (Å²) in [5.41, 5.74) is -3.20. The van der Waals surface area contributed by atoms with Gasteiger partial charge >= 0.3 is 6.18 Å². The zero-order valence-corrected chi connectivity index (χ0v) is 16.9. The summed E-state index contributed by atoms with van der Waals surface area (Å²) < 4.78 is 53.0. The summed E-state index contributed by atoms with van der Waals surface area (Å²) in [6.45, 7) is 0. The Morgan fingerprint density at radius 3 is 2.47 bits per heavy atom. The van der Waals surface area contributed by atoms with Crippen molar-refractivity contribution >= 4 is 29.1 Å². The van der Waals surface area contributed by atoms with E-state index in [9.17, 15) is 27.5 Å². The Kier molecular flexibility index (Phi) is 6.54. The number of amides is 1. The Labute approximate surface area is 179 Å². The molecule has 2 aromatic rings. The molecule has 2 heterocycles. The molecule has 1 saturated carbocycles. The zero-order valence-electron chi connectivity index (χ0n) is 15.4. The molecule has 162 valence electrons. The molecule has 2 N–H and O–H groups in total. The summed E-state index contributed by atoms with van der Waals surface area (Å²) in [6.07, 6.45) is -3.52. The van der Waals surface area contributed by atoms with E-state index < -0.39 is 46.2 Å². The molecule has 1 aliphatic carbocycles. The van der Waals surface area contributed by atoms with Gasteiger partial charge in [0, 0.05) is 18.0 Å². The van der Waals surface area contributed by atoms with Gasteiger partial charge in [-0.25, -0.2) is 14.4 Å². The smallest absolute Gasteiger partial charge is 0.387 e. The average Bonchev–Trinajstić information content (AvgIpc) is 2.68. The SMILES string of the molecule is O=C(NC(c1cccnc1Cl)C1(O)CCC(F)CC1)c1nccc(C(F)(F)F)c1Cl. The standard InChI is InChI=1S/C19H17Cl2F4N3O2/c20-13-12(19(23,24)25)5-9-26-14(13)17(29)28-15(11-2-1-8-27-16(11)21)18(30)6-3-10(22)4-7-18/h1-2,5,8-10,15,30H,3-4,6-7H2,(H,28,29). The number of nitrogens with one attached hydrogen (secondary N) is 1. The van der Waals surface area contributed by atoms with Crippen molar-refractivity contribution in [1.82, 2.24) is 15.3 Å². The van der Waals surface area contributed by atoms with Crippen LogP contribution in [-0.2, 0) is 6.18 Å². The van der Waals surface area contributed by atoms with Crippen LogP contribution in [0, 0.1) is 0 Å². The highest BCUT2D eigenvalue weighted by molar-refractivity contribution is 6.34. The van der Waals surface area contributed by atoms with E-state index >= 15 is 0 Å². The molecule has 3 rings (SSSR count). The molecular weight excluding hydrogens is 449 g/mol. The summed E-state index contributed by atoms with van der Waals surface area (Å²) in [5.74, 6) is -1.04. The van der Waals surface area contributed by atoms with Crippen LogP contribution in [-0.4, -0.2) is 32.8 Å². The molecule has 30 heavy (non-hydrogen) atoms. The Morgan fingerprint density at radius 1 is 1.20 bits per heavy atom. The fraction of sp³-hybridized carbons (Fsp3) is 0.421. The van der Waals surface area contributed by atoms with Crippen LogP contribution in [0.2, 0.25) is 10.2 Å². The first-order valence-electron chi connectivity index (χ1n) is 9.02. The van der Waals surface area contributed by atoms with Crippen LogP contribution in [0.15, 0.2) is 30.6 Å². The Morgan fingerprint density at radius 2 is 1.87 bits per heavy atom. The van der Waals surface area contributed by atoms with Gasteiger partial charge in [-0.05, 0) is 37.8 Å². The molecular formula is C19H17Cl2F4N3O2. The molecule has 0 aromatic carbocycles. The van der Waals surface area contributed by atoms with Crippen LogP contribution >= 0.6 is 23.2 Å². The quantitative estimate of drug-likeness (QED) is 0.496. The average molecular weight is 466 g/mol. The summed E-state index contributed by atoms with van der Waals surface area (Å²) >= 11 is 11.9. The lowest BCUT2D eigenvalue weighted by Gasteiger charge is -2.40. The molecule has 5 nitrogen and oxygen atoms in total. The monoisotopic (exact) mass is 465 g/mol. The molecule has 1 fully saturated rings. The second kappa shape index (κ2) is 8.64. The largest absolute Gasteiger partial charge is 0.417 e.